The van der Waals surface area contributed by atoms with Crippen LogP contribution in [0.4, 0.5) is 0 Å². The van der Waals surface area contributed by atoms with Crippen LogP contribution in [-0.2, 0) is 20.0 Å². The Balaban J connectivity index is 1.78. The largest absolute Gasteiger partial charge is 0.321 e. The highest BCUT2D eigenvalue weighted by Crippen LogP contribution is 2.22. The molecular weight excluding hydrogens is 316 g/mol. The molecule has 0 radical (unpaired) electrons. The van der Waals surface area contributed by atoms with Crippen molar-refractivity contribution in [2.24, 2.45) is 7.05 Å². The summed E-state index contributed by atoms with van der Waals surface area (Å²) >= 11 is 9.36. The van der Waals surface area contributed by atoms with Gasteiger partial charge in [0.25, 0.3) is 0 Å². The average molecular weight is 330 g/mol. The molecule has 96 valence electrons. The van der Waals surface area contributed by atoms with E-state index in [1.807, 2.05) is 29.8 Å². The maximum absolute atomic E-state index is 5.94. The first-order chi connectivity index (χ1) is 8.66. The predicted molar refractivity (Wildman–Crippen MR) is 75.6 cm³/mol. The van der Waals surface area contributed by atoms with Gasteiger partial charge in [0, 0.05) is 31.0 Å². The number of aromatic nitrogens is 3. The molecule has 18 heavy (non-hydrogen) atoms. The lowest BCUT2D eigenvalue weighted by atomic mass is 10.2. The molecule has 0 aliphatic carbocycles. The van der Waals surface area contributed by atoms with E-state index in [1.165, 1.54) is 5.56 Å². The van der Waals surface area contributed by atoms with E-state index < -0.39 is 0 Å². The molecule has 1 aromatic heterocycles. The number of aryl methyl sites for hydroxylation is 1. The molecule has 0 bridgehead atoms. The molecule has 1 N–H and O–H groups in total. The molecule has 2 rings (SSSR count). The Kier molecular flexibility index (Phi) is 4.74. The van der Waals surface area contributed by atoms with Crippen LogP contribution in [0, 0.1) is 0 Å². The molecule has 6 heteroatoms. The quantitative estimate of drug-likeness (QED) is 0.857. The summed E-state index contributed by atoms with van der Waals surface area (Å²) in [5, 5.41) is 12.0. The summed E-state index contributed by atoms with van der Waals surface area (Å²) in [4.78, 5) is 0. The van der Waals surface area contributed by atoms with E-state index in [2.05, 4.69) is 31.4 Å². The topological polar surface area (TPSA) is 42.7 Å². The molecule has 4 nitrogen and oxygen atoms in total. The molecule has 1 aromatic carbocycles. The highest BCUT2D eigenvalue weighted by molar-refractivity contribution is 9.10. The second-order valence-corrected chi connectivity index (χ2v) is 5.29. The van der Waals surface area contributed by atoms with E-state index in [1.54, 1.807) is 6.33 Å². The third-order valence-electron chi connectivity index (χ3n) is 2.64. The monoisotopic (exact) mass is 328 g/mol. The average Bonchev–Trinajstić information content (AvgIpc) is 2.75. The molecule has 0 spiro atoms. The molecule has 2 aromatic rings. The molecule has 1 heterocycles. The van der Waals surface area contributed by atoms with E-state index in [-0.39, 0.29) is 0 Å². The second-order valence-electron chi connectivity index (χ2n) is 4.03. The summed E-state index contributed by atoms with van der Waals surface area (Å²) < 4.78 is 2.86. The van der Waals surface area contributed by atoms with E-state index in [4.69, 9.17) is 11.6 Å². The Morgan fingerprint density at radius 2 is 2.28 bits per heavy atom. The zero-order valence-corrected chi connectivity index (χ0v) is 12.4. The van der Waals surface area contributed by atoms with E-state index in [0.29, 0.717) is 0 Å². The molecule has 0 atom stereocenters. The first-order valence-corrected chi connectivity index (χ1v) is 6.81. The van der Waals surface area contributed by atoms with Crippen molar-refractivity contribution in [3.05, 3.63) is 45.4 Å². The standard InChI is InChI=1S/C12H14BrClN4/c1-18-8-16-17-12(18)4-5-15-7-9-2-3-11(14)10(13)6-9/h2-3,6,8,15H,4-5,7H2,1H3. The van der Waals surface area contributed by atoms with Crippen LogP contribution in [0.3, 0.4) is 0 Å². The van der Waals surface area contributed by atoms with Crippen molar-refractivity contribution in [2.75, 3.05) is 6.54 Å². The van der Waals surface area contributed by atoms with Crippen molar-refractivity contribution >= 4 is 27.5 Å². The molecule has 0 aliphatic heterocycles. The molecule has 0 saturated carbocycles. The SMILES string of the molecule is Cn1cnnc1CCNCc1ccc(Cl)c(Br)c1. The Labute approximate surface area is 119 Å². The van der Waals surface area contributed by atoms with Gasteiger partial charge in [0.15, 0.2) is 0 Å². The summed E-state index contributed by atoms with van der Waals surface area (Å²) in [7, 11) is 1.95. The van der Waals surface area contributed by atoms with Gasteiger partial charge in [-0.3, -0.25) is 0 Å². The van der Waals surface area contributed by atoms with Gasteiger partial charge in [0.05, 0.1) is 5.02 Å². The first kappa shape index (κ1) is 13.5. The summed E-state index contributed by atoms with van der Waals surface area (Å²) in [5.74, 6) is 0.986. The Bertz CT molecular complexity index is 527. The fourth-order valence-corrected chi connectivity index (χ4v) is 2.16. The van der Waals surface area contributed by atoms with Gasteiger partial charge in [-0.05, 0) is 33.6 Å². The van der Waals surface area contributed by atoms with Crippen molar-refractivity contribution in [1.29, 1.82) is 0 Å². The maximum atomic E-state index is 5.94. The van der Waals surface area contributed by atoms with Crippen molar-refractivity contribution in [2.45, 2.75) is 13.0 Å². The number of rotatable bonds is 5. The summed E-state index contributed by atoms with van der Waals surface area (Å²) in [6.07, 6.45) is 2.58. The maximum Gasteiger partial charge on any atom is 0.133 e. The van der Waals surface area contributed by atoms with Crippen LogP contribution in [0.1, 0.15) is 11.4 Å². The third-order valence-corrected chi connectivity index (χ3v) is 3.86. The Hall–Kier alpha value is -0.910. The second kappa shape index (κ2) is 6.31. The van der Waals surface area contributed by atoms with Crippen molar-refractivity contribution in [3.8, 4) is 0 Å². The number of nitrogens with one attached hydrogen (secondary N) is 1. The molecule has 0 aliphatic rings. The number of benzene rings is 1. The van der Waals surface area contributed by atoms with Gasteiger partial charge in [-0.1, -0.05) is 17.7 Å². The third kappa shape index (κ3) is 3.54. The normalized spacial score (nSPS) is 10.8. The van der Waals surface area contributed by atoms with Crippen LogP contribution < -0.4 is 5.32 Å². The fourth-order valence-electron chi connectivity index (χ4n) is 1.62. The molecule has 0 saturated heterocycles. The van der Waals surface area contributed by atoms with Crippen LogP contribution >= 0.6 is 27.5 Å². The highest BCUT2D eigenvalue weighted by Gasteiger charge is 2.01. The van der Waals surface area contributed by atoms with Crippen molar-refractivity contribution < 1.29 is 0 Å². The lowest BCUT2D eigenvalue weighted by molar-refractivity contribution is 0.653. The zero-order chi connectivity index (χ0) is 13.0. The lowest BCUT2D eigenvalue weighted by Gasteiger charge is -2.06. The van der Waals surface area contributed by atoms with Gasteiger partial charge in [-0.25, -0.2) is 0 Å². The number of nitrogens with zero attached hydrogens (tertiary/aromatic N) is 3. The fraction of sp³-hybridized carbons (Fsp3) is 0.333. The number of hydrogen-bond donors (Lipinski definition) is 1. The van der Waals surface area contributed by atoms with E-state index in [0.717, 1.165) is 34.8 Å². The van der Waals surface area contributed by atoms with Gasteiger partial charge in [-0.15, -0.1) is 10.2 Å². The van der Waals surface area contributed by atoms with E-state index >= 15 is 0 Å². The minimum Gasteiger partial charge on any atom is -0.321 e. The van der Waals surface area contributed by atoms with E-state index in [9.17, 15) is 0 Å². The molecular formula is C12H14BrClN4. The van der Waals surface area contributed by atoms with Crippen LogP contribution in [0.2, 0.25) is 5.02 Å². The minimum absolute atomic E-state index is 0.734. The van der Waals surface area contributed by atoms with Gasteiger partial charge >= 0.3 is 0 Å². The Morgan fingerprint density at radius 1 is 1.44 bits per heavy atom. The van der Waals surface area contributed by atoms with Gasteiger partial charge < -0.3 is 9.88 Å². The summed E-state index contributed by atoms with van der Waals surface area (Å²) in [6.45, 7) is 1.68. The van der Waals surface area contributed by atoms with Crippen LogP contribution in [0.25, 0.3) is 0 Å². The first-order valence-electron chi connectivity index (χ1n) is 5.64. The van der Waals surface area contributed by atoms with Gasteiger partial charge in [0.1, 0.15) is 12.2 Å². The van der Waals surface area contributed by atoms with Crippen LogP contribution in [0.5, 0.6) is 0 Å². The van der Waals surface area contributed by atoms with Crippen LogP contribution in [-0.4, -0.2) is 21.3 Å². The Morgan fingerprint density at radius 3 is 2.94 bits per heavy atom. The summed E-state index contributed by atoms with van der Waals surface area (Å²) in [6, 6.07) is 5.94. The smallest absolute Gasteiger partial charge is 0.133 e. The molecule has 0 fully saturated rings. The van der Waals surface area contributed by atoms with Crippen LogP contribution in [0.15, 0.2) is 29.0 Å². The number of halogens is 2. The summed E-state index contributed by atoms with van der Waals surface area (Å²) in [5.41, 5.74) is 1.20. The zero-order valence-electron chi connectivity index (χ0n) is 10.0. The number of hydrogen-bond acceptors (Lipinski definition) is 3. The lowest BCUT2D eigenvalue weighted by Crippen LogP contribution is -2.18. The predicted octanol–water partition coefficient (Wildman–Crippen LogP) is 2.56. The van der Waals surface area contributed by atoms with Gasteiger partial charge in [-0.2, -0.15) is 0 Å². The molecule has 0 amide bonds. The highest BCUT2D eigenvalue weighted by atomic mass is 79.9. The van der Waals surface area contributed by atoms with Gasteiger partial charge in [0.2, 0.25) is 0 Å². The van der Waals surface area contributed by atoms with Crippen molar-refractivity contribution in [3.63, 3.8) is 0 Å². The van der Waals surface area contributed by atoms with Crippen molar-refractivity contribution in [1.82, 2.24) is 20.1 Å². The molecule has 0 unspecified atom stereocenters. The minimum atomic E-state index is 0.734.